The van der Waals surface area contributed by atoms with E-state index in [1.165, 1.54) is 0 Å². The number of aliphatic hydroxyl groups excluding tert-OH is 1. The van der Waals surface area contributed by atoms with Gasteiger partial charge >= 0.3 is 0 Å². The predicted molar refractivity (Wildman–Crippen MR) is 100.0 cm³/mol. The summed E-state index contributed by atoms with van der Waals surface area (Å²) in [7, 11) is 3.29. The van der Waals surface area contributed by atoms with Crippen molar-refractivity contribution in [2.45, 2.75) is 25.4 Å². The molecule has 0 saturated heterocycles. The normalized spacial score (nSPS) is 11.8. The Labute approximate surface area is 154 Å². The second-order valence-electron chi connectivity index (χ2n) is 6.01. The average molecular weight is 362 g/mol. The summed E-state index contributed by atoms with van der Waals surface area (Å²) < 4.78 is 5.16. The highest BCUT2D eigenvalue weighted by Gasteiger charge is 2.15. The third-order valence-corrected chi connectivity index (χ3v) is 4.51. The van der Waals surface area contributed by atoms with E-state index in [0.717, 1.165) is 29.0 Å². The number of amides is 1. The Kier molecular flexibility index (Phi) is 7.29. The molecule has 2 aromatic rings. The molecule has 0 saturated carbocycles. The largest absolute Gasteiger partial charge is 0.497 e. The third kappa shape index (κ3) is 5.76. The van der Waals surface area contributed by atoms with Crippen LogP contribution in [0.2, 0.25) is 5.02 Å². The lowest BCUT2D eigenvalue weighted by Crippen LogP contribution is -2.31. The maximum atomic E-state index is 12.3. The first-order valence-electron chi connectivity index (χ1n) is 8.30. The predicted octanol–water partition coefficient (Wildman–Crippen LogP) is 3.86. The molecule has 0 aliphatic carbocycles. The van der Waals surface area contributed by atoms with E-state index in [2.05, 4.69) is 0 Å². The average Bonchev–Trinajstić information content (AvgIpc) is 2.63. The Morgan fingerprint density at radius 1 is 1.24 bits per heavy atom. The molecule has 1 amide bonds. The molecule has 0 aromatic heterocycles. The minimum atomic E-state index is -0.743. The summed E-state index contributed by atoms with van der Waals surface area (Å²) in [6.45, 7) is 0.248. The van der Waals surface area contributed by atoms with Crippen LogP contribution in [0.15, 0.2) is 48.5 Å². The molecule has 4 nitrogen and oxygen atoms in total. The van der Waals surface area contributed by atoms with Gasteiger partial charge in [-0.2, -0.15) is 0 Å². The number of carbonyl (C=O) groups excluding carboxylic acids is 1. The molecule has 1 N–H and O–H groups in total. The van der Waals surface area contributed by atoms with Crippen LogP contribution in [0.1, 0.15) is 30.1 Å². The van der Waals surface area contributed by atoms with Crippen molar-refractivity contribution in [1.29, 1.82) is 0 Å². The van der Waals surface area contributed by atoms with Crippen molar-refractivity contribution in [1.82, 2.24) is 4.90 Å². The summed E-state index contributed by atoms with van der Waals surface area (Å²) in [6, 6.07) is 14.9. The highest BCUT2D eigenvalue weighted by molar-refractivity contribution is 6.31. The number of rotatable bonds is 8. The van der Waals surface area contributed by atoms with Crippen molar-refractivity contribution in [2.24, 2.45) is 0 Å². The van der Waals surface area contributed by atoms with Gasteiger partial charge in [0.25, 0.3) is 0 Å². The number of aliphatic hydroxyl groups is 1. The zero-order chi connectivity index (χ0) is 18.2. The van der Waals surface area contributed by atoms with E-state index in [1.807, 2.05) is 42.5 Å². The van der Waals surface area contributed by atoms with Crippen molar-refractivity contribution in [3.63, 3.8) is 0 Å². The van der Waals surface area contributed by atoms with Gasteiger partial charge in [-0.15, -0.1) is 0 Å². The fourth-order valence-corrected chi connectivity index (χ4v) is 2.87. The Morgan fingerprint density at radius 2 is 2.00 bits per heavy atom. The number of aryl methyl sites for hydroxylation is 1. The second-order valence-corrected chi connectivity index (χ2v) is 6.42. The summed E-state index contributed by atoms with van der Waals surface area (Å²) in [4.78, 5) is 13.8. The molecule has 0 heterocycles. The molecular formula is C20H24ClNO3. The Morgan fingerprint density at radius 3 is 2.72 bits per heavy atom. The number of carbonyl (C=O) groups is 1. The van der Waals surface area contributed by atoms with Gasteiger partial charge in [0.05, 0.1) is 19.8 Å². The molecule has 0 bridgehead atoms. The molecule has 1 atom stereocenters. The van der Waals surface area contributed by atoms with Crippen LogP contribution in [-0.2, 0) is 11.2 Å². The number of benzene rings is 2. The summed E-state index contributed by atoms with van der Waals surface area (Å²) in [5.74, 6) is 0.694. The zero-order valence-electron chi connectivity index (χ0n) is 14.6. The molecule has 2 rings (SSSR count). The number of hydrogen-bond donors (Lipinski definition) is 1. The number of hydrogen-bond acceptors (Lipinski definition) is 3. The summed E-state index contributed by atoms with van der Waals surface area (Å²) >= 11 is 6.12. The lowest BCUT2D eigenvalue weighted by molar-refractivity contribution is -0.131. The lowest BCUT2D eigenvalue weighted by atomic mass is 10.1. The first-order valence-corrected chi connectivity index (χ1v) is 8.68. The highest BCUT2D eigenvalue weighted by Crippen LogP contribution is 2.20. The van der Waals surface area contributed by atoms with Crippen molar-refractivity contribution < 1.29 is 14.6 Å². The lowest BCUT2D eigenvalue weighted by Gasteiger charge is -2.21. The van der Waals surface area contributed by atoms with Crippen molar-refractivity contribution >= 4 is 17.5 Å². The molecule has 1 unspecified atom stereocenters. The van der Waals surface area contributed by atoms with Crippen molar-refractivity contribution in [2.75, 3.05) is 20.7 Å². The van der Waals surface area contributed by atoms with Crippen molar-refractivity contribution in [3.8, 4) is 5.75 Å². The van der Waals surface area contributed by atoms with Crippen LogP contribution in [0.25, 0.3) is 0 Å². The highest BCUT2D eigenvalue weighted by atomic mass is 35.5. The standard InChI is InChI=1S/C20H24ClNO3/c1-22(14-19(23)16-9-5-10-17(13-16)25-2)20(24)12-6-8-15-7-3-4-11-18(15)21/h3-5,7,9-11,13,19,23H,6,8,12,14H2,1-2H3. The first-order chi connectivity index (χ1) is 12.0. The maximum Gasteiger partial charge on any atom is 0.222 e. The van der Waals surface area contributed by atoms with Gasteiger partial charge in [0.15, 0.2) is 0 Å². The fraction of sp³-hybridized carbons (Fsp3) is 0.350. The van der Waals surface area contributed by atoms with E-state index in [1.54, 1.807) is 25.1 Å². The van der Waals surface area contributed by atoms with Crippen molar-refractivity contribution in [3.05, 3.63) is 64.7 Å². The van der Waals surface area contributed by atoms with Crippen LogP contribution in [0.4, 0.5) is 0 Å². The molecule has 0 fully saturated rings. The summed E-state index contributed by atoms with van der Waals surface area (Å²) in [5.41, 5.74) is 1.78. The number of ether oxygens (including phenoxy) is 1. The maximum absolute atomic E-state index is 12.3. The van der Waals surface area contributed by atoms with Gasteiger partial charge in [-0.25, -0.2) is 0 Å². The van der Waals surface area contributed by atoms with Gasteiger partial charge in [0.1, 0.15) is 5.75 Å². The van der Waals surface area contributed by atoms with Gasteiger partial charge in [-0.1, -0.05) is 41.9 Å². The van der Waals surface area contributed by atoms with Gasteiger partial charge in [0, 0.05) is 18.5 Å². The number of likely N-dealkylation sites (N-methyl/N-ethyl adjacent to an activating group) is 1. The van der Waals surface area contributed by atoms with E-state index in [4.69, 9.17) is 16.3 Å². The Bertz CT molecular complexity index is 705. The number of halogens is 1. The fourth-order valence-electron chi connectivity index (χ4n) is 2.64. The van der Waals surface area contributed by atoms with E-state index < -0.39 is 6.10 Å². The van der Waals surface area contributed by atoms with Crippen LogP contribution in [-0.4, -0.2) is 36.6 Å². The topological polar surface area (TPSA) is 49.8 Å². The van der Waals surface area contributed by atoms with E-state index in [-0.39, 0.29) is 12.5 Å². The van der Waals surface area contributed by atoms with Gasteiger partial charge < -0.3 is 14.7 Å². The summed E-state index contributed by atoms with van der Waals surface area (Å²) in [6.07, 6.45) is 1.17. The molecule has 0 radical (unpaired) electrons. The molecule has 2 aromatic carbocycles. The number of nitrogens with zero attached hydrogens (tertiary/aromatic N) is 1. The van der Waals surface area contributed by atoms with E-state index >= 15 is 0 Å². The monoisotopic (exact) mass is 361 g/mol. The van der Waals surface area contributed by atoms with Crippen LogP contribution >= 0.6 is 11.6 Å². The smallest absolute Gasteiger partial charge is 0.222 e. The van der Waals surface area contributed by atoms with Gasteiger partial charge in [-0.3, -0.25) is 4.79 Å². The van der Waals surface area contributed by atoms with Crippen LogP contribution in [0, 0.1) is 0 Å². The Balaban J connectivity index is 1.82. The molecule has 0 spiro atoms. The molecular weight excluding hydrogens is 338 g/mol. The van der Waals surface area contributed by atoms with E-state index in [0.29, 0.717) is 12.2 Å². The number of methoxy groups -OCH3 is 1. The van der Waals surface area contributed by atoms with Gasteiger partial charge in [-0.05, 0) is 42.2 Å². The minimum Gasteiger partial charge on any atom is -0.497 e. The SMILES string of the molecule is COc1cccc(C(O)CN(C)C(=O)CCCc2ccccc2Cl)c1. The Hall–Kier alpha value is -2.04. The molecule has 0 aliphatic heterocycles. The van der Waals surface area contributed by atoms with Crippen LogP contribution < -0.4 is 4.74 Å². The van der Waals surface area contributed by atoms with Crippen LogP contribution in [0.3, 0.4) is 0 Å². The summed E-state index contributed by atoms with van der Waals surface area (Å²) in [5, 5.41) is 11.1. The molecule has 134 valence electrons. The zero-order valence-corrected chi connectivity index (χ0v) is 15.4. The molecule has 5 heteroatoms. The van der Waals surface area contributed by atoms with E-state index in [9.17, 15) is 9.90 Å². The second kappa shape index (κ2) is 9.44. The minimum absolute atomic E-state index is 0.00833. The quantitative estimate of drug-likeness (QED) is 0.776. The van der Waals surface area contributed by atoms with Crippen LogP contribution in [0.5, 0.6) is 5.75 Å². The third-order valence-electron chi connectivity index (χ3n) is 4.15. The molecule has 25 heavy (non-hydrogen) atoms. The van der Waals surface area contributed by atoms with Gasteiger partial charge in [0.2, 0.25) is 5.91 Å². The first kappa shape index (κ1) is 19.3. The molecule has 0 aliphatic rings.